The lowest BCUT2D eigenvalue weighted by Crippen LogP contribution is -2.35. The highest BCUT2D eigenvalue weighted by molar-refractivity contribution is 7.98. The van der Waals surface area contributed by atoms with E-state index in [9.17, 15) is 4.79 Å². The second-order valence-corrected chi connectivity index (χ2v) is 6.72. The molecule has 0 saturated heterocycles. The van der Waals surface area contributed by atoms with Crippen LogP contribution in [0.1, 0.15) is 24.1 Å². The van der Waals surface area contributed by atoms with Crippen molar-refractivity contribution in [2.75, 3.05) is 22.9 Å². The molecule has 1 aliphatic rings. The summed E-state index contributed by atoms with van der Waals surface area (Å²) in [7, 11) is 0. The van der Waals surface area contributed by atoms with Crippen LogP contribution in [-0.2, 0) is 17.0 Å². The number of amides is 1. The summed E-state index contributed by atoms with van der Waals surface area (Å²) >= 11 is 1.75. The van der Waals surface area contributed by atoms with E-state index in [1.165, 1.54) is 0 Å². The normalized spacial score (nSPS) is 13.7. The van der Waals surface area contributed by atoms with Crippen LogP contribution in [0.5, 0.6) is 0 Å². The summed E-state index contributed by atoms with van der Waals surface area (Å²) in [6, 6.07) is 11.8. The number of benzene rings is 1. The van der Waals surface area contributed by atoms with E-state index in [0.717, 1.165) is 53.5 Å². The Morgan fingerprint density at radius 1 is 1.26 bits per heavy atom. The van der Waals surface area contributed by atoms with Crippen LogP contribution in [0, 0.1) is 0 Å². The van der Waals surface area contributed by atoms with E-state index >= 15 is 0 Å². The number of nitrogen functional groups attached to an aromatic ring is 1. The predicted molar refractivity (Wildman–Crippen MR) is 96.5 cm³/mol. The first-order valence-electron chi connectivity index (χ1n) is 7.91. The zero-order valence-corrected chi connectivity index (χ0v) is 13.9. The Balaban J connectivity index is 1.54. The van der Waals surface area contributed by atoms with E-state index < -0.39 is 0 Å². The van der Waals surface area contributed by atoms with Gasteiger partial charge in [0, 0.05) is 42.0 Å². The smallest absolute Gasteiger partial charge is 0.227 e. The first kappa shape index (κ1) is 15.9. The zero-order chi connectivity index (χ0) is 16.1. The van der Waals surface area contributed by atoms with Gasteiger partial charge >= 0.3 is 0 Å². The topological polar surface area (TPSA) is 59.2 Å². The fourth-order valence-corrected chi connectivity index (χ4v) is 3.71. The maximum atomic E-state index is 12.5. The van der Waals surface area contributed by atoms with Crippen LogP contribution in [-0.4, -0.2) is 23.2 Å². The van der Waals surface area contributed by atoms with Crippen LogP contribution in [0.25, 0.3) is 0 Å². The molecule has 0 saturated carbocycles. The van der Waals surface area contributed by atoms with Gasteiger partial charge in [0.25, 0.3) is 0 Å². The van der Waals surface area contributed by atoms with Crippen molar-refractivity contribution in [1.29, 1.82) is 0 Å². The third-order valence-corrected chi connectivity index (χ3v) is 5.02. The van der Waals surface area contributed by atoms with Gasteiger partial charge in [-0.2, -0.15) is 11.8 Å². The minimum absolute atomic E-state index is 0.185. The van der Waals surface area contributed by atoms with Gasteiger partial charge in [0.15, 0.2) is 0 Å². The molecule has 0 fully saturated rings. The Labute approximate surface area is 141 Å². The van der Waals surface area contributed by atoms with Gasteiger partial charge in [-0.05, 0) is 42.7 Å². The first-order valence-corrected chi connectivity index (χ1v) is 9.06. The van der Waals surface area contributed by atoms with Crippen molar-refractivity contribution < 1.29 is 4.79 Å². The van der Waals surface area contributed by atoms with Crippen molar-refractivity contribution in [3.63, 3.8) is 0 Å². The Morgan fingerprint density at radius 3 is 3.00 bits per heavy atom. The number of fused-ring (bicyclic) bond motifs is 1. The second kappa shape index (κ2) is 7.51. The minimum atomic E-state index is 0.185. The van der Waals surface area contributed by atoms with Gasteiger partial charge in [0.05, 0.1) is 5.69 Å². The Kier molecular flexibility index (Phi) is 5.18. The number of carbonyl (C=O) groups excluding carboxylic acids is 1. The van der Waals surface area contributed by atoms with E-state index in [1.807, 2.05) is 41.3 Å². The van der Waals surface area contributed by atoms with E-state index in [-0.39, 0.29) is 5.91 Å². The van der Waals surface area contributed by atoms with E-state index in [0.29, 0.717) is 6.42 Å². The summed E-state index contributed by atoms with van der Waals surface area (Å²) < 4.78 is 0. The number of nitrogens with two attached hydrogens (primary N) is 1. The number of nitrogens with zero attached hydrogens (tertiary/aromatic N) is 2. The summed E-state index contributed by atoms with van der Waals surface area (Å²) in [5.41, 5.74) is 10.0. The SMILES string of the molecule is Nc1cccc2c1CCCN2C(=O)CCSCc1ccccn1. The summed E-state index contributed by atoms with van der Waals surface area (Å²) in [6.45, 7) is 0.792. The molecule has 0 radical (unpaired) electrons. The number of rotatable bonds is 5. The molecule has 1 aromatic carbocycles. The van der Waals surface area contributed by atoms with Crippen molar-refractivity contribution >= 4 is 29.0 Å². The van der Waals surface area contributed by atoms with Crippen LogP contribution < -0.4 is 10.6 Å². The van der Waals surface area contributed by atoms with Gasteiger partial charge in [-0.1, -0.05) is 12.1 Å². The number of thioether (sulfide) groups is 1. The van der Waals surface area contributed by atoms with E-state index in [2.05, 4.69) is 4.98 Å². The summed E-state index contributed by atoms with van der Waals surface area (Å²) in [5, 5.41) is 0. The number of carbonyl (C=O) groups is 1. The fourth-order valence-electron chi connectivity index (χ4n) is 2.87. The molecule has 120 valence electrons. The molecule has 2 aromatic rings. The van der Waals surface area contributed by atoms with Gasteiger partial charge in [0.2, 0.25) is 5.91 Å². The van der Waals surface area contributed by atoms with Crippen LogP contribution in [0.15, 0.2) is 42.6 Å². The standard InChI is InChI=1S/C18H21N3OS/c19-16-7-3-8-17-15(16)6-4-11-21(17)18(22)9-12-23-13-14-5-1-2-10-20-14/h1-3,5,7-8,10H,4,6,9,11-13,19H2. The van der Waals surface area contributed by atoms with Crippen LogP contribution >= 0.6 is 11.8 Å². The summed E-state index contributed by atoms with van der Waals surface area (Å²) in [6.07, 6.45) is 4.29. The molecule has 3 rings (SSSR count). The molecule has 0 spiro atoms. The minimum Gasteiger partial charge on any atom is -0.398 e. The van der Waals surface area contributed by atoms with Crippen molar-refractivity contribution in [3.8, 4) is 0 Å². The molecule has 0 bridgehead atoms. The average molecular weight is 327 g/mol. The van der Waals surface area contributed by atoms with Crippen molar-refractivity contribution in [2.45, 2.75) is 25.0 Å². The van der Waals surface area contributed by atoms with Gasteiger partial charge in [-0.3, -0.25) is 9.78 Å². The van der Waals surface area contributed by atoms with Gasteiger partial charge in [0.1, 0.15) is 0 Å². The van der Waals surface area contributed by atoms with Crippen molar-refractivity contribution in [3.05, 3.63) is 53.9 Å². The average Bonchev–Trinajstić information content (AvgIpc) is 2.59. The van der Waals surface area contributed by atoms with E-state index in [4.69, 9.17) is 5.73 Å². The Bertz CT molecular complexity index is 675. The highest BCUT2D eigenvalue weighted by Gasteiger charge is 2.23. The lowest BCUT2D eigenvalue weighted by molar-refractivity contribution is -0.118. The quantitative estimate of drug-likeness (QED) is 0.676. The Morgan fingerprint density at radius 2 is 2.17 bits per heavy atom. The summed E-state index contributed by atoms with van der Waals surface area (Å²) in [5.74, 6) is 1.84. The molecular weight excluding hydrogens is 306 g/mol. The maximum absolute atomic E-state index is 12.5. The van der Waals surface area contributed by atoms with Crippen molar-refractivity contribution in [2.24, 2.45) is 0 Å². The molecule has 5 heteroatoms. The third kappa shape index (κ3) is 3.85. The van der Waals surface area contributed by atoms with Crippen LogP contribution in [0.2, 0.25) is 0 Å². The molecule has 1 aromatic heterocycles. The molecule has 0 unspecified atom stereocenters. The predicted octanol–water partition coefficient (Wildman–Crippen LogP) is 3.27. The van der Waals surface area contributed by atoms with E-state index in [1.54, 1.807) is 18.0 Å². The fraction of sp³-hybridized carbons (Fsp3) is 0.333. The number of anilines is 2. The lowest BCUT2D eigenvalue weighted by Gasteiger charge is -2.30. The zero-order valence-electron chi connectivity index (χ0n) is 13.1. The van der Waals surface area contributed by atoms with Gasteiger partial charge < -0.3 is 10.6 Å². The Hall–Kier alpha value is -2.01. The van der Waals surface area contributed by atoms with Gasteiger partial charge in [-0.15, -0.1) is 0 Å². The number of hydrogen-bond donors (Lipinski definition) is 1. The third-order valence-electron chi connectivity index (χ3n) is 4.02. The first-order chi connectivity index (χ1) is 11.3. The second-order valence-electron chi connectivity index (χ2n) is 5.62. The van der Waals surface area contributed by atoms with Crippen LogP contribution in [0.4, 0.5) is 11.4 Å². The molecule has 2 N–H and O–H groups in total. The molecule has 23 heavy (non-hydrogen) atoms. The number of aromatic nitrogens is 1. The molecular formula is C18H21N3OS. The highest BCUT2D eigenvalue weighted by atomic mass is 32.2. The van der Waals surface area contributed by atoms with Crippen molar-refractivity contribution in [1.82, 2.24) is 4.98 Å². The molecule has 4 nitrogen and oxygen atoms in total. The summed E-state index contributed by atoms with van der Waals surface area (Å²) in [4.78, 5) is 18.7. The number of hydrogen-bond acceptors (Lipinski definition) is 4. The monoisotopic (exact) mass is 327 g/mol. The van der Waals surface area contributed by atoms with Crippen LogP contribution in [0.3, 0.4) is 0 Å². The number of pyridine rings is 1. The van der Waals surface area contributed by atoms with Gasteiger partial charge in [-0.25, -0.2) is 0 Å². The molecule has 1 amide bonds. The lowest BCUT2D eigenvalue weighted by atomic mass is 9.99. The molecule has 0 atom stereocenters. The molecule has 0 aliphatic carbocycles. The maximum Gasteiger partial charge on any atom is 0.227 e. The largest absolute Gasteiger partial charge is 0.398 e. The molecule has 1 aliphatic heterocycles. The highest BCUT2D eigenvalue weighted by Crippen LogP contribution is 2.31. The molecule has 2 heterocycles.